The van der Waals surface area contributed by atoms with E-state index in [0.29, 0.717) is 11.3 Å². The molecule has 0 spiro atoms. The summed E-state index contributed by atoms with van der Waals surface area (Å²) in [5.41, 5.74) is 5.32. The predicted molar refractivity (Wildman–Crippen MR) is 167 cm³/mol. The Balaban J connectivity index is 1.68. The summed E-state index contributed by atoms with van der Waals surface area (Å²) < 4.78 is 31.9. The molecule has 0 atom stereocenters. The highest BCUT2D eigenvalue weighted by Gasteiger charge is 2.23. The van der Waals surface area contributed by atoms with Gasteiger partial charge in [-0.1, -0.05) is 134 Å². The quantitative estimate of drug-likeness (QED) is 0.107. The third kappa shape index (κ3) is 13.0. The number of rotatable bonds is 22. The molecule has 2 aromatic carbocycles. The maximum absolute atomic E-state index is 13.2. The lowest BCUT2D eigenvalue weighted by Gasteiger charge is -2.17. The maximum Gasteiger partial charge on any atom is 0.297 e. The van der Waals surface area contributed by atoms with Crippen LogP contribution in [0.25, 0.3) is 0 Å². The van der Waals surface area contributed by atoms with Gasteiger partial charge in [-0.3, -0.25) is 4.18 Å². The van der Waals surface area contributed by atoms with Gasteiger partial charge in [-0.05, 0) is 73.9 Å². The molecule has 0 radical (unpaired) electrons. The zero-order valence-electron chi connectivity index (χ0n) is 25.5. The Labute approximate surface area is 241 Å². The minimum atomic E-state index is -3.79. The molecule has 0 N–H and O–H groups in total. The summed E-state index contributed by atoms with van der Waals surface area (Å²) >= 11 is 0. The van der Waals surface area contributed by atoms with Gasteiger partial charge in [0.2, 0.25) is 0 Å². The molecule has 2 rings (SSSR count). The van der Waals surface area contributed by atoms with E-state index in [4.69, 9.17) is 4.18 Å². The number of hydrogen-bond acceptors (Lipinski definition) is 3. The first-order valence-electron chi connectivity index (χ1n) is 15.9. The van der Waals surface area contributed by atoms with Gasteiger partial charge >= 0.3 is 0 Å². The van der Waals surface area contributed by atoms with Crippen molar-refractivity contribution in [2.75, 3.05) is 6.61 Å². The summed E-state index contributed by atoms with van der Waals surface area (Å²) in [4.78, 5) is 0.372. The average molecular weight is 557 g/mol. The van der Waals surface area contributed by atoms with Crippen LogP contribution in [0.5, 0.6) is 0 Å². The molecule has 0 unspecified atom stereocenters. The van der Waals surface area contributed by atoms with E-state index in [2.05, 4.69) is 20.8 Å². The average Bonchev–Trinajstić information content (AvgIpc) is 2.92. The van der Waals surface area contributed by atoms with E-state index in [9.17, 15) is 8.42 Å². The molecule has 39 heavy (non-hydrogen) atoms. The molecule has 3 nitrogen and oxygen atoms in total. The highest BCUT2D eigenvalue weighted by atomic mass is 32.2. The summed E-state index contributed by atoms with van der Waals surface area (Å²) in [6.07, 6.45) is 22.8. The lowest BCUT2D eigenvalue weighted by molar-refractivity contribution is 0.321. The molecule has 0 bridgehead atoms. The third-order valence-electron chi connectivity index (χ3n) is 8.27. The fourth-order valence-corrected chi connectivity index (χ4v) is 6.77. The second-order valence-corrected chi connectivity index (χ2v) is 13.1. The summed E-state index contributed by atoms with van der Waals surface area (Å²) in [5.74, 6) is 0. The van der Waals surface area contributed by atoms with Crippen molar-refractivity contribution in [3.63, 3.8) is 0 Å². The van der Waals surface area contributed by atoms with E-state index >= 15 is 0 Å². The van der Waals surface area contributed by atoms with Crippen molar-refractivity contribution in [2.45, 2.75) is 148 Å². The first-order chi connectivity index (χ1) is 18.9. The SMILES string of the molecule is CCCCCCCCCCCCCCCCCCc1c(S(=O)(=O)OCCc2ccccc2)cc(C)c(C)c1C. The van der Waals surface area contributed by atoms with Gasteiger partial charge in [0.15, 0.2) is 0 Å². The van der Waals surface area contributed by atoms with E-state index in [0.717, 1.165) is 41.5 Å². The van der Waals surface area contributed by atoms with Crippen molar-refractivity contribution in [1.82, 2.24) is 0 Å². The molecule has 0 aliphatic carbocycles. The van der Waals surface area contributed by atoms with Crippen LogP contribution < -0.4 is 0 Å². The molecular weight excluding hydrogens is 500 g/mol. The Morgan fingerprint density at radius 2 is 1.10 bits per heavy atom. The van der Waals surface area contributed by atoms with E-state index in [1.54, 1.807) is 0 Å². The number of hydrogen-bond donors (Lipinski definition) is 0. The first kappa shape index (κ1) is 33.6. The number of aryl methyl sites for hydroxylation is 1. The molecule has 0 fully saturated rings. The minimum Gasteiger partial charge on any atom is -0.266 e. The van der Waals surface area contributed by atoms with Gasteiger partial charge in [0.1, 0.15) is 0 Å². The van der Waals surface area contributed by atoms with Crippen molar-refractivity contribution < 1.29 is 12.6 Å². The van der Waals surface area contributed by atoms with Crippen LogP contribution in [-0.4, -0.2) is 15.0 Å². The molecule has 0 aliphatic heterocycles. The fraction of sp³-hybridized carbons (Fsp3) is 0.657. The van der Waals surface area contributed by atoms with Crippen LogP contribution in [0.4, 0.5) is 0 Å². The largest absolute Gasteiger partial charge is 0.297 e. The summed E-state index contributed by atoms with van der Waals surface area (Å²) in [6.45, 7) is 8.59. The fourth-order valence-electron chi connectivity index (χ4n) is 5.46. The van der Waals surface area contributed by atoms with E-state index in [1.807, 2.05) is 43.3 Å². The second-order valence-electron chi connectivity index (χ2n) is 11.5. The van der Waals surface area contributed by atoms with Crippen molar-refractivity contribution in [3.05, 3.63) is 64.2 Å². The standard InChI is InChI=1S/C35H56O3S/c1-5-6-7-8-9-10-11-12-13-14-15-16-17-18-19-23-26-34-32(4)31(3)30(2)29-35(34)39(36,37)38-28-27-33-24-21-20-22-25-33/h20-22,24-25,29H,5-19,23,26-28H2,1-4H3. The Kier molecular flexibility index (Phi) is 16.7. The zero-order chi connectivity index (χ0) is 28.3. The number of benzene rings is 2. The molecule has 0 saturated carbocycles. The molecule has 0 saturated heterocycles. The first-order valence-corrected chi connectivity index (χ1v) is 17.3. The van der Waals surface area contributed by atoms with Crippen molar-refractivity contribution in [1.29, 1.82) is 0 Å². The zero-order valence-corrected chi connectivity index (χ0v) is 26.3. The monoisotopic (exact) mass is 556 g/mol. The molecule has 4 heteroatoms. The Morgan fingerprint density at radius 1 is 0.615 bits per heavy atom. The summed E-state index contributed by atoms with van der Waals surface area (Å²) in [6, 6.07) is 11.7. The maximum atomic E-state index is 13.2. The third-order valence-corrected chi connectivity index (χ3v) is 9.65. The molecule has 0 aliphatic rings. The van der Waals surface area contributed by atoms with Gasteiger partial charge in [0.25, 0.3) is 10.1 Å². The van der Waals surface area contributed by atoms with E-state index in [-0.39, 0.29) is 6.61 Å². The Bertz CT molecular complexity index is 1030. The molecule has 0 aromatic heterocycles. The van der Waals surface area contributed by atoms with Gasteiger partial charge in [0.05, 0.1) is 11.5 Å². The summed E-state index contributed by atoms with van der Waals surface area (Å²) in [7, 11) is -3.79. The molecular formula is C35H56O3S. The van der Waals surface area contributed by atoms with Crippen molar-refractivity contribution >= 4 is 10.1 Å². The van der Waals surface area contributed by atoms with E-state index in [1.165, 1.54) is 95.5 Å². The van der Waals surface area contributed by atoms with Crippen LogP contribution in [0.3, 0.4) is 0 Å². The lowest BCUT2D eigenvalue weighted by Crippen LogP contribution is -2.14. The topological polar surface area (TPSA) is 43.4 Å². The smallest absolute Gasteiger partial charge is 0.266 e. The second kappa shape index (κ2) is 19.4. The lowest BCUT2D eigenvalue weighted by atomic mass is 9.95. The molecule has 0 heterocycles. The van der Waals surface area contributed by atoms with Crippen LogP contribution in [0, 0.1) is 20.8 Å². The van der Waals surface area contributed by atoms with Crippen LogP contribution in [0.2, 0.25) is 0 Å². The van der Waals surface area contributed by atoms with Crippen molar-refractivity contribution in [2.24, 2.45) is 0 Å². The highest BCUT2D eigenvalue weighted by molar-refractivity contribution is 7.86. The van der Waals surface area contributed by atoms with Gasteiger partial charge in [-0.15, -0.1) is 0 Å². The Morgan fingerprint density at radius 3 is 1.62 bits per heavy atom. The normalized spacial score (nSPS) is 11.8. The molecule has 0 amide bonds. The highest BCUT2D eigenvalue weighted by Crippen LogP contribution is 2.29. The van der Waals surface area contributed by atoms with Crippen LogP contribution in [0.1, 0.15) is 137 Å². The number of unbranched alkanes of at least 4 members (excludes halogenated alkanes) is 15. The van der Waals surface area contributed by atoms with Crippen LogP contribution in [0.15, 0.2) is 41.3 Å². The summed E-state index contributed by atoms with van der Waals surface area (Å²) in [5, 5.41) is 0. The molecule has 220 valence electrons. The van der Waals surface area contributed by atoms with E-state index < -0.39 is 10.1 Å². The van der Waals surface area contributed by atoms with Gasteiger partial charge in [-0.25, -0.2) is 0 Å². The van der Waals surface area contributed by atoms with Gasteiger partial charge in [0, 0.05) is 0 Å². The Hall–Kier alpha value is -1.65. The van der Waals surface area contributed by atoms with Gasteiger partial charge in [-0.2, -0.15) is 8.42 Å². The van der Waals surface area contributed by atoms with Crippen molar-refractivity contribution in [3.8, 4) is 0 Å². The van der Waals surface area contributed by atoms with Crippen LogP contribution >= 0.6 is 0 Å². The van der Waals surface area contributed by atoms with Crippen LogP contribution in [-0.2, 0) is 27.1 Å². The molecule has 2 aromatic rings. The minimum absolute atomic E-state index is 0.163. The van der Waals surface area contributed by atoms with Gasteiger partial charge < -0.3 is 0 Å². The predicted octanol–water partition coefficient (Wildman–Crippen LogP) is 10.4.